The van der Waals surface area contributed by atoms with E-state index in [1.54, 1.807) is 0 Å². The Kier molecular flexibility index (Phi) is 5.53. The zero-order valence-corrected chi connectivity index (χ0v) is 25.6. The van der Waals surface area contributed by atoms with Crippen molar-refractivity contribution in [2.75, 3.05) is 0 Å². The van der Waals surface area contributed by atoms with Crippen molar-refractivity contribution in [3.63, 3.8) is 0 Å². The summed E-state index contributed by atoms with van der Waals surface area (Å²) < 4.78 is 0. The van der Waals surface area contributed by atoms with Gasteiger partial charge in [0.1, 0.15) is 0 Å². The SMILES string of the molecule is c1ccc(-c2ncc3c(-c4cccc(-c5ccc6c(c5)-c5ccccc5C65c6ccccc6-c6ccccc65)c4)cccc3n2)cc1. The molecule has 2 aliphatic carbocycles. The van der Waals surface area contributed by atoms with Crippen molar-refractivity contribution in [2.24, 2.45) is 0 Å². The third-order valence-electron chi connectivity index (χ3n) is 10.2. The van der Waals surface area contributed by atoms with Crippen LogP contribution in [-0.4, -0.2) is 9.97 Å². The van der Waals surface area contributed by atoms with Gasteiger partial charge in [0, 0.05) is 17.1 Å². The van der Waals surface area contributed by atoms with Gasteiger partial charge >= 0.3 is 0 Å². The van der Waals surface area contributed by atoms with Gasteiger partial charge in [0.25, 0.3) is 0 Å². The van der Waals surface area contributed by atoms with Gasteiger partial charge in [0.05, 0.1) is 10.9 Å². The van der Waals surface area contributed by atoms with Crippen LogP contribution in [0, 0.1) is 0 Å². The fourth-order valence-corrected chi connectivity index (χ4v) is 8.18. The van der Waals surface area contributed by atoms with Gasteiger partial charge in [-0.05, 0) is 85.0 Å². The van der Waals surface area contributed by atoms with Gasteiger partial charge in [0.15, 0.2) is 5.82 Å². The average molecular weight is 597 g/mol. The summed E-state index contributed by atoms with van der Waals surface area (Å²) in [5.74, 6) is 0.743. The summed E-state index contributed by atoms with van der Waals surface area (Å²) in [6.45, 7) is 0. The molecule has 2 nitrogen and oxygen atoms in total. The second kappa shape index (κ2) is 9.94. The summed E-state index contributed by atoms with van der Waals surface area (Å²) in [5, 5.41) is 1.05. The van der Waals surface area contributed by atoms with E-state index in [1.165, 1.54) is 55.6 Å². The topological polar surface area (TPSA) is 25.8 Å². The molecule has 10 rings (SSSR count). The maximum atomic E-state index is 4.93. The standard InChI is InChI=1S/C45H28N2/c1-2-12-29(13-3-1)44-46-28-38-33(19-11-23-43(38)47-44)32-15-10-14-30(26-32)31-24-25-42-37(27-31)36-18-6-9-22-41(36)45(42)39-20-7-4-16-34(39)35-17-5-8-21-40(35)45/h1-28H. The molecule has 0 bridgehead atoms. The molecule has 0 radical (unpaired) electrons. The zero-order valence-electron chi connectivity index (χ0n) is 25.6. The minimum atomic E-state index is -0.318. The Balaban J connectivity index is 1.12. The molecule has 0 saturated carbocycles. The van der Waals surface area contributed by atoms with E-state index in [2.05, 4.69) is 146 Å². The summed E-state index contributed by atoms with van der Waals surface area (Å²) >= 11 is 0. The van der Waals surface area contributed by atoms with Crippen LogP contribution in [0.15, 0.2) is 170 Å². The van der Waals surface area contributed by atoms with Crippen molar-refractivity contribution in [1.29, 1.82) is 0 Å². The molecule has 7 aromatic carbocycles. The van der Waals surface area contributed by atoms with Crippen LogP contribution >= 0.6 is 0 Å². The number of aromatic nitrogens is 2. The number of hydrogen-bond donors (Lipinski definition) is 0. The van der Waals surface area contributed by atoms with Gasteiger partial charge in [-0.25, -0.2) is 9.97 Å². The maximum Gasteiger partial charge on any atom is 0.159 e. The monoisotopic (exact) mass is 596 g/mol. The lowest BCUT2D eigenvalue weighted by Crippen LogP contribution is -2.25. The lowest BCUT2D eigenvalue weighted by atomic mass is 9.70. The second-order valence-electron chi connectivity index (χ2n) is 12.5. The molecule has 0 saturated heterocycles. The Morgan fingerprint density at radius 2 is 0.894 bits per heavy atom. The van der Waals surface area contributed by atoms with Crippen LogP contribution in [0.25, 0.3) is 66.8 Å². The van der Waals surface area contributed by atoms with Crippen LogP contribution in [0.2, 0.25) is 0 Å². The van der Waals surface area contributed by atoms with Crippen molar-refractivity contribution in [2.45, 2.75) is 5.41 Å². The molecule has 2 heteroatoms. The fourth-order valence-electron chi connectivity index (χ4n) is 8.18. The molecule has 1 heterocycles. The second-order valence-corrected chi connectivity index (χ2v) is 12.5. The molecule has 0 amide bonds. The lowest BCUT2D eigenvalue weighted by Gasteiger charge is -2.30. The van der Waals surface area contributed by atoms with Crippen LogP contribution in [0.4, 0.5) is 0 Å². The molecular formula is C45H28N2. The Bertz CT molecular complexity index is 2480. The highest BCUT2D eigenvalue weighted by atomic mass is 14.9. The summed E-state index contributed by atoms with van der Waals surface area (Å²) in [4.78, 5) is 9.69. The fraction of sp³-hybridized carbons (Fsp3) is 0.0222. The molecule has 8 aromatic rings. The van der Waals surface area contributed by atoms with Crippen LogP contribution in [0.5, 0.6) is 0 Å². The maximum absolute atomic E-state index is 4.93. The number of hydrogen-bond acceptors (Lipinski definition) is 2. The van der Waals surface area contributed by atoms with Crippen LogP contribution < -0.4 is 0 Å². The summed E-state index contributed by atoms with van der Waals surface area (Å²) in [6.07, 6.45) is 1.97. The van der Waals surface area contributed by atoms with E-state index in [0.29, 0.717) is 0 Å². The normalized spacial score (nSPS) is 13.3. The van der Waals surface area contributed by atoms with E-state index in [4.69, 9.17) is 9.97 Å². The Labute approximate surface area is 273 Å². The van der Waals surface area contributed by atoms with Crippen molar-refractivity contribution in [3.8, 4) is 55.9 Å². The zero-order chi connectivity index (χ0) is 31.0. The molecule has 218 valence electrons. The van der Waals surface area contributed by atoms with E-state index < -0.39 is 0 Å². The molecule has 0 aliphatic heterocycles. The molecule has 0 atom stereocenters. The van der Waals surface area contributed by atoms with Gasteiger partial charge in [-0.15, -0.1) is 0 Å². The van der Waals surface area contributed by atoms with Crippen LogP contribution in [-0.2, 0) is 5.41 Å². The lowest BCUT2D eigenvalue weighted by molar-refractivity contribution is 0.794. The predicted molar refractivity (Wildman–Crippen MR) is 192 cm³/mol. The smallest absolute Gasteiger partial charge is 0.159 e. The summed E-state index contributed by atoms with van der Waals surface area (Å²) in [6, 6.07) is 59.4. The van der Waals surface area contributed by atoms with E-state index in [9.17, 15) is 0 Å². The third kappa shape index (κ3) is 3.67. The van der Waals surface area contributed by atoms with E-state index in [1.807, 2.05) is 24.4 Å². The molecule has 1 aromatic heterocycles. The van der Waals surface area contributed by atoms with Crippen LogP contribution in [0.1, 0.15) is 22.3 Å². The predicted octanol–water partition coefficient (Wildman–Crippen LogP) is 11.0. The first-order valence-corrected chi connectivity index (χ1v) is 16.2. The Morgan fingerprint density at radius 1 is 0.362 bits per heavy atom. The minimum absolute atomic E-state index is 0.318. The highest BCUT2D eigenvalue weighted by Gasteiger charge is 2.51. The number of rotatable bonds is 3. The molecule has 47 heavy (non-hydrogen) atoms. The van der Waals surface area contributed by atoms with Gasteiger partial charge in [-0.2, -0.15) is 0 Å². The molecular weight excluding hydrogens is 569 g/mol. The van der Waals surface area contributed by atoms with Crippen molar-refractivity contribution in [1.82, 2.24) is 9.97 Å². The van der Waals surface area contributed by atoms with Gasteiger partial charge in [-0.1, -0.05) is 146 Å². The Morgan fingerprint density at radius 3 is 1.62 bits per heavy atom. The molecule has 0 N–H and O–H groups in total. The molecule has 0 fully saturated rings. The van der Waals surface area contributed by atoms with Crippen molar-refractivity contribution in [3.05, 3.63) is 192 Å². The quantitative estimate of drug-likeness (QED) is 0.203. The number of benzene rings is 7. The molecule has 1 spiro atoms. The first kappa shape index (κ1) is 26.1. The Hall–Kier alpha value is -6.12. The average Bonchev–Trinajstić information content (AvgIpc) is 3.62. The number of nitrogens with zero attached hydrogens (tertiary/aromatic N) is 2. The van der Waals surface area contributed by atoms with Gasteiger partial charge < -0.3 is 0 Å². The van der Waals surface area contributed by atoms with Crippen LogP contribution in [0.3, 0.4) is 0 Å². The summed E-state index contributed by atoms with van der Waals surface area (Å²) in [7, 11) is 0. The first-order valence-electron chi connectivity index (χ1n) is 16.2. The highest BCUT2D eigenvalue weighted by molar-refractivity contribution is 5.97. The van der Waals surface area contributed by atoms with Crippen molar-refractivity contribution >= 4 is 10.9 Å². The third-order valence-corrected chi connectivity index (χ3v) is 10.2. The molecule has 2 aliphatic rings. The van der Waals surface area contributed by atoms with Gasteiger partial charge in [0.2, 0.25) is 0 Å². The van der Waals surface area contributed by atoms with Gasteiger partial charge in [-0.3, -0.25) is 0 Å². The number of fused-ring (bicyclic) bond motifs is 11. The largest absolute Gasteiger partial charge is 0.236 e. The molecule has 0 unspecified atom stereocenters. The summed E-state index contributed by atoms with van der Waals surface area (Å²) in [5.41, 5.74) is 17.1. The minimum Gasteiger partial charge on any atom is -0.236 e. The van der Waals surface area contributed by atoms with E-state index in [-0.39, 0.29) is 5.41 Å². The highest BCUT2D eigenvalue weighted by Crippen LogP contribution is 2.62. The van der Waals surface area contributed by atoms with Crippen molar-refractivity contribution < 1.29 is 0 Å². The first-order chi connectivity index (χ1) is 23.3. The van der Waals surface area contributed by atoms with E-state index >= 15 is 0 Å². The van der Waals surface area contributed by atoms with E-state index in [0.717, 1.165) is 33.4 Å².